The highest BCUT2D eigenvalue weighted by molar-refractivity contribution is 5.62. The topological polar surface area (TPSA) is 62.7 Å². The van der Waals surface area contributed by atoms with Crippen LogP contribution in [0.15, 0.2) is 48.7 Å². The van der Waals surface area contributed by atoms with Crippen molar-refractivity contribution in [1.29, 1.82) is 0 Å². The second kappa shape index (κ2) is 6.39. The van der Waals surface area contributed by atoms with Crippen LogP contribution < -0.4 is 10.6 Å². The fourth-order valence-corrected chi connectivity index (χ4v) is 2.12. The summed E-state index contributed by atoms with van der Waals surface area (Å²) in [6.07, 6.45) is 1.52. The van der Waals surface area contributed by atoms with E-state index in [0.29, 0.717) is 11.5 Å². The molecule has 0 amide bonds. The number of rotatable bonds is 4. The van der Waals surface area contributed by atoms with Crippen molar-refractivity contribution in [1.82, 2.24) is 15.2 Å². The molecule has 0 aliphatic heterocycles. The van der Waals surface area contributed by atoms with Crippen LogP contribution in [0, 0.1) is 19.7 Å². The van der Waals surface area contributed by atoms with Gasteiger partial charge in [-0.25, -0.2) is 4.39 Å². The molecule has 0 unspecified atom stereocenters. The summed E-state index contributed by atoms with van der Waals surface area (Å²) in [7, 11) is 0. The number of hydrogen-bond acceptors (Lipinski definition) is 5. The molecule has 0 spiro atoms. The molecule has 0 fully saturated rings. The van der Waals surface area contributed by atoms with Gasteiger partial charge in [0, 0.05) is 5.69 Å². The van der Waals surface area contributed by atoms with Gasteiger partial charge in [-0.2, -0.15) is 10.1 Å². The van der Waals surface area contributed by atoms with Crippen molar-refractivity contribution < 1.29 is 4.39 Å². The zero-order valence-electron chi connectivity index (χ0n) is 12.8. The van der Waals surface area contributed by atoms with Crippen LogP contribution in [0.5, 0.6) is 0 Å². The SMILES string of the molecule is Cc1cccc(Nc2cnnc(Nc3ccccc3F)n2)c1C. The molecule has 0 atom stereocenters. The van der Waals surface area contributed by atoms with E-state index in [9.17, 15) is 4.39 Å². The van der Waals surface area contributed by atoms with Gasteiger partial charge >= 0.3 is 0 Å². The lowest BCUT2D eigenvalue weighted by atomic mass is 10.1. The van der Waals surface area contributed by atoms with E-state index < -0.39 is 0 Å². The average molecular weight is 309 g/mol. The van der Waals surface area contributed by atoms with Gasteiger partial charge in [0.1, 0.15) is 5.82 Å². The van der Waals surface area contributed by atoms with Crippen LogP contribution in [0.2, 0.25) is 0 Å². The summed E-state index contributed by atoms with van der Waals surface area (Å²) in [5.41, 5.74) is 3.57. The molecule has 116 valence electrons. The predicted octanol–water partition coefficient (Wildman–Crippen LogP) is 4.11. The summed E-state index contributed by atoms with van der Waals surface area (Å²) < 4.78 is 13.7. The van der Waals surface area contributed by atoms with Crippen molar-refractivity contribution in [3.63, 3.8) is 0 Å². The summed E-state index contributed by atoms with van der Waals surface area (Å²) in [6.45, 7) is 4.08. The molecule has 3 rings (SSSR count). The maximum absolute atomic E-state index is 13.7. The highest BCUT2D eigenvalue weighted by Gasteiger charge is 2.06. The first-order valence-electron chi connectivity index (χ1n) is 7.18. The maximum Gasteiger partial charge on any atom is 0.249 e. The summed E-state index contributed by atoms with van der Waals surface area (Å²) in [5.74, 6) is 0.391. The fourth-order valence-electron chi connectivity index (χ4n) is 2.12. The van der Waals surface area contributed by atoms with Crippen LogP contribution >= 0.6 is 0 Å². The van der Waals surface area contributed by atoms with Crippen LogP contribution in [-0.4, -0.2) is 15.2 Å². The molecule has 6 heteroatoms. The minimum Gasteiger partial charge on any atom is -0.339 e. The highest BCUT2D eigenvalue weighted by atomic mass is 19.1. The van der Waals surface area contributed by atoms with Crippen molar-refractivity contribution in [3.8, 4) is 0 Å². The van der Waals surface area contributed by atoms with Gasteiger partial charge < -0.3 is 10.6 Å². The molecule has 0 saturated heterocycles. The monoisotopic (exact) mass is 309 g/mol. The molecule has 1 aromatic heterocycles. The molecular formula is C17H16FN5. The third kappa shape index (κ3) is 3.42. The number of aryl methyl sites for hydroxylation is 1. The molecule has 2 aromatic carbocycles. The summed E-state index contributed by atoms with van der Waals surface area (Å²) in [4.78, 5) is 4.31. The van der Waals surface area contributed by atoms with Crippen LogP contribution in [0.4, 0.5) is 27.5 Å². The first-order chi connectivity index (χ1) is 11.1. The molecule has 0 aliphatic rings. The van der Waals surface area contributed by atoms with Gasteiger partial charge in [-0.3, -0.25) is 0 Å². The number of halogens is 1. The van der Waals surface area contributed by atoms with Crippen molar-refractivity contribution >= 4 is 23.1 Å². The third-order valence-electron chi connectivity index (χ3n) is 3.55. The Hall–Kier alpha value is -3.02. The first-order valence-corrected chi connectivity index (χ1v) is 7.18. The Morgan fingerprint density at radius 1 is 0.913 bits per heavy atom. The van der Waals surface area contributed by atoms with Crippen molar-refractivity contribution in [3.05, 3.63) is 65.6 Å². The smallest absolute Gasteiger partial charge is 0.249 e. The van der Waals surface area contributed by atoms with Crippen LogP contribution in [0.25, 0.3) is 0 Å². The zero-order valence-corrected chi connectivity index (χ0v) is 12.8. The quantitative estimate of drug-likeness (QED) is 0.759. The average Bonchev–Trinajstić information content (AvgIpc) is 2.55. The Balaban J connectivity index is 1.83. The lowest BCUT2D eigenvalue weighted by Gasteiger charge is -2.11. The van der Waals surface area contributed by atoms with Crippen LogP contribution in [0.1, 0.15) is 11.1 Å². The number of benzene rings is 2. The van der Waals surface area contributed by atoms with E-state index in [-0.39, 0.29) is 11.8 Å². The van der Waals surface area contributed by atoms with Crippen molar-refractivity contribution in [2.24, 2.45) is 0 Å². The van der Waals surface area contributed by atoms with E-state index >= 15 is 0 Å². The Morgan fingerprint density at radius 2 is 1.70 bits per heavy atom. The lowest BCUT2D eigenvalue weighted by Crippen LogP contribution is -2.04. The molecule has 5 nitrogen and oxygen atoms in total. The zero-order chi connectivity index (χ0) is 16.2. The second-order valence-electron chi connectivity index (χ2n) is 5.14. The lowest BCUT2D eigenvalue weighted by molar-refractivity contribution is 0.631. The number of anilines is 4. The fraction of sp³-hybridized carbons (Fsp3) is 0.118. The van der Waals surface area contributed by atoms with E-state index in [1.54, 1.807) is 18.2 Å². The third-order valence-corrected chi connectivity index (χ3v) is 3.55. The van der Waals surface area contributed by atoms with E-state index in [4.69, 9.17) is 0 Å². The van der Waals surface area contributed by atoms with Gasteiger partial charge in [0.2, 0.25) is 5.95 Å². The molecule has 0 radical (unpaired) electrons. The molecule has 0 saturated carbocycles. The largest absolute Gasteiger partial charge is 0.339 e. The Labute approximate surface area is 133 Å². The minimum absolute atomic E-state index is 0.227. The molecule has 1 heterocycles. The summed E-state index contributed by atoms with van der Waals surface area (Å²) in [5, 5.41) is 13.8. The summed E-state index contributed by atoms with van der Waals surface area (Å²) in [6, 6.07) is 12.3. The molecule has 2 N–H and O–H groups in total. The van der Waals surface area contributed by atoms with Crippen molar-refractivity contribution in [2.75, 3.05) is 10.6 Å². The standard InChI is InChI=1S/C17H16FN5/c1-11-6-5-9-14(12(11)2)20-16-10-19-23-17(22-16)21-15-8-4-3-7-13(15)18/h3-10H,1-2H3,(H2,20,21,22,23). The number of nitrogens with zero attached hydrogens (tertiary/aromatic N) is 3. The molecular weight excluding hydrogens is 293 g/mol. The number of hydrogen-bond donors (Lipinski definition) is 2. The van der Waals surface area contributed by atoms with Gasteiger partial charge in [-0.1, -0.05) is 24.3 Å². The maximum atomic E-state index is 13.7. The first kappa shape index (κ1) is 14.9. The molecule has 23 heavy (non-hydrogen) atoms. The normalized spacial score (nSPS) is 10.4. The molecule has 0 bridgehead atoms. The van der Waals surface area contributed by atoms with Gasteiger partial charge in [-0.15, -0.1) is 5.10 Å². The predicted molar refractivity (Wildman–Crippen MR) is 88.7 cm³/mol. The molecule has 3 aromatic rings. The second-order valence-corrected chi connectivity index (χ2v) is 5.14. The van der Waals surface area contributed by atoms with Crippen LogP contribution in [-0.2, 0) is 0 Å². The Morgan fingerprint density at radius 3 is 2.52 bits per heavy atom. The van der Waals surface area contributed by atoms with Gasteiger partial charge in [0.05, 0.1) is 11.9 Å². The van der Waals surface area contributed by atoms with Crippen molar-refractivity contribution in [2.45, 2.75) is 13.8 Å². The minimum atomic E-state index is -0.371. The van der Waals surface area contributed by atoms with Crippen LogP contribution in [0.3, 0.4) is 0 Å². The Bertz CT molecular complexity index is 835. The number of aromatic nitrogens is 3. The molecule has 0 aliphatic carbocycles. The number of para-hydroxylation sites is 1. The van der Waals surface area contributed by atoms with E-state index in [0.717, 1.165) is 11.3 Å². The van der Waals surface area contributed by atoms with Gasteiger partial charge in [-0.05, 0) is 43.2 Å². The van der Waals surface area contributed by atoms with E-state index in [1.165, 1.54) is 17.8 Å². The van der Waals surface area contributed by atoms with E-state index in [1.807, 2.05) is 32.0 Å². The highest BCUT2D eigenvalue weighted by Crippen LogP contribution is 2.22. The van der Waals surface area contributed by atoms with Gasteiger partial charge in [0.25, 0.3) is 0 Å². The summed E-state index contributed by atoms with van der Waals surface area (Å²) >= 11 is 0. The number of nitrogens with one attached hydrogen (secondary N) is 2. The van der Waals surface area contributed by atoms with E-state index in [2.05, 4.69) is 25.8 Å². The van der Waals surface area contributed by atoms with Gasteiger partial charge in [0.15, 0.2) is 5.82 Å². The Kier molecular flexibility index (Phi) is 4.14.